The van der Waals surface area contributed by atoms with E-state index >= 15 is 0 Å². The van der Waals surface area contributed by atoms with Gasteiger partial charge in [-0.3, -0.25) is 0 Å². The Bertz CT molecular complexity index is 612. The fourth-order valence-corrected chi connectivity index (χ4v) is 1.88. The number of benzene rings is 2. The second-order valence-electron chi connectivity index (χ2n) is 4.60. The summed E-state index contributed by atoms with van der Waals surface area (Å²) in [5, 5.41) is 0. The molecule has 2 rings (SSSR count). The highest BCUT2D eigenvalue weighted by atomic mass is 13.9. The van der Waals surface area contributed by atoms with Gasteiger partial charge in [-0.05, 0) is 48.3 Å². The van der Waals surface area contributed by atoms with E-state index in [1.165, 1.54) is 11.1 Å². The smallest absolute Gasteiger partial charge is 0.00188 e. The van der Waals surface area contributed by atoms with E-state index in [1.54, 1.807) is 0 Å². The Morgan fingerprint density at radius 2 is 1.00 bits per heavy atom. The van der Waals surface area contributed by atoms with Crippen LogP contribution in [0.25, 0.3) is 11.1 Å². The molecule has 0 aromatic heterocycles. The van der Waals surface area contributed by atoms with Crippen molar-refractivity contribution in [3.63, 3.8) is 0 Å². The minimum absolute atomic E-state index is 1.13. The van der Waals surface area contributed by atoms with Gasteiger partial charge in [0.05, 0.1) is 0 Å². The van der Waals surface area contributed by atoms with Gasteiger partial charge >= 0.3 is 0 Å². The highest BCUT2D eigenvalue weighted by Gasteiger charge is 1.91. The van der Waals surface area contributed by atoms with E-state index in [4.69, 9.17) is 0 Å². The minimum Gasteiger partial charge on any atom is -0.116 e. The molecular formula is C20H18. The quantitative estimate of drug-likeness (QED) is 0.503. The molecule has 0 nitrogen and oxygen atoms in total. The molecule has 98 valence electrons. The molecule has 0 heterocycles. The summed E-state index contributed by atoms with van der Waals surface area (Å²) in [6.07, 6.45) is 3.82. The predicted octanol–water partition coefficient (Wildman–Crippen LogP) is 5.50. The van der Waals surface area contributed by atoms with Crippen LogP contribution in [0.1, 0.15) is 25.0 Å². The predicted molar refractivity (Wildman–Crippen MR) is 87.2 cm³/mol. The molecule has 0 atom stereocenters. The van der Waals surface area contributed by atoms with Gasteiger partial charge in [-0.2, -0.15) is 0 Å². The summed E-state index contributed by atoms with van der Waals surface area (Å²) < 4.78 is 0. The van der Waals surface area contributed by atoms with Gasteiger partial charge in [-0.1, -0.05) is 60.7 Å². The van der Waals surface area contributed by atoms with Crippen LogP contribution in [-0.2, 0) is 0 Å². The lowest BCUT2D eigenvalue weighted by Gasteiger charge is -1.96. The molecule has 0 radical (unpaired) electrons. The first-order valence-electron chi connectivity index (χ1n) is 6.73. The second-order valence-corrected chi connectivity index (χ2v) is 4.60. The monoisotopic (exact) mass is 258 g/mol. The van der Waals surface area contributed by atoms with E-state index in [1.807, 2.05) is 48.6 Å². The molecule has 0 spiro atoms. The van der Waals surface area contributed by atoms with Crippen molar-refractivity contribution in [3.05, 3.63) is 95.4 Å². The molecule has 0 saturated heterocycles. The average Bonchev–Trinajstić information content (AvgIpc) is 2.53. The van der Waals surface area contributed by atoms with E-state index in [0.717, 1.165) is 11.1 Å². The number of hydrogen-bond acceptors (Lipinski definition) is 0. The molecule has 0 amide bonds. The Hall–Kier alpha value is -2.52. The third-order valence-electron chi connectivity index (χ3n) is 3.10. The van der Waals surface area contributed by atoms with Crippen LogP contribution in [0.3, 0.4) is 0 Å². The van der Waals surface area contributed by atoms with Gasteiger partial charge in [0.2, 0.25) is 0 Å². The lowest BCUT2D eigenvalue weighted by Crippen LogP contribution is -1.75. The SMILES string of the molecule is CC(=C=CC=C=C(C)c1ccccc1)c1ccccc1. The maximum atomic E-state index is 3.27. The summed E-state index contributed by atoms with van der Waals surface area (Å²) in [5.41, 5.74) is 11.2. The molecule has 0 heteroatoms. The molecule has 0 aliphatic heterocycles. The summed E-state index contributed by atoms with van der Waals surface area (Å²) in [6, 6.07) is 20.5. The molecule has 0 bridgehead atoms. The molecule has 20 heavy (non-hydrogen) atoms. The number of rotatable bonds is 3. The maximum absolute atomic E-state index is 3.27. The molecule has 0 aliphatic rings. The van der Waals surface area contributed by atoms with Crippen molar-refractivity contribution in [1.29, 1.82) is 0 Å². The van der Waals surface area contributed by atoms with Crippen LogP contribution in [0.5, 0.6) is 0 Å². The first-order chi connectivity index (χ1) is 9.77. The Balaban J connectivity index is 2.19. The van der Waals surface area contributed by atoms with Gasteiger partial charge in [0.25, 0.3) is 0 Å². The van der Waals surface area contributed by atoms with Crippen LogP contribution in [0.4, 0.5) is 0 Å². The maximum Gasteiger partial charge on any atom is -0.00188 e. The van der Waals surface area contributed by atoms with E-state index in [0.29, 0.717) is 0 Å². The third kappa shape index (κ3) is 4.00. The molecule has 2 aromatic carbocycles. The van der Waals surface area contributed by atoms with Crippen LogP contribution >= 0.6 is 0 Å². The van der Waals surface area contributed by atoms with Crippen LogP contribution < -0.4 is 0 Å². The molecule has 2 aromatic rings. The van der Waals surface area contributed by atoms with Crippen LogP contribution in [-0.4, -0.2) is 0 Å². The van der Waals surface area contributed by atoms with Crippen molar-refractivity contribution in [1.82, 2.24) is 0 Å². The highest BCUT2D eigenvalue weighted by Crippen LogP contribution is 2.12. The fourth-order valence-electron chi connectivity index (χ4n) is 1.88. The Morgan fingerprint density at radius 1 is 0.650 bits per heavy atom. The van der Waals surface area contributed by atoms with Gasteiger partial charge in [0.1, 0.15) is 0 Å². The molecule has 0 fully saturated rings. The van der Waals surface area contributed by atoms with E-state index in [9.17, 15) is 0 Å². The van der Waals surface area contributed by atoms with Crippen molar-refractivity contribution in [3.8, 4) is 0 Å². The van der Waals surface area contributed by atoms with E-state index in [2.05, 4.69) is 49.6 Å². The molecule has 0 aliphatic carbocycles. The largest absolute Gasteiger partial charge is 0.116 e. The molecule has 0 saturated carbocycles. The lowest BCUT2D eigenvalue weighted by atomic mass is 10.1. The van der Waals surface area contributed by atoms with E-state index < -0.39 is 0 Å². The van der Waals surface area contributed by atoms with Gasteiger partial charge in [0, 0.05) is 0 Å². The fraction of sp³-hybridized carbons (Fsp3) is 0.100. The highest BCUT2D eigenvalue weighted by molar-refractivity contribution is 5.64. The number of allylic oxidation sites excluding steroid dienone is 2. The lowest BCUT2D eigenvalue weighted by molar-refractivity contribution is 1.57. The van der Waals surface area contributed by atoms with Gasteiger partial charge < -0.3 is 0 Å². The first kappa shape index (κ1) is 13.9. The van der Waals surface area contributed by atoms with Gasteiger partial charge in [-0.25, -0.2) is 0 Å². The van der Waals surface area contributed by atoms with Crippen LogP contribution in [0, 0.1) is 0 Å². The Kier molecular flexibility index (Phi) is 4.98. The second kappa shape index (κ2) is 7.16. The van der Waals surface area contributed by atoms with Crippen molar-refractivity contribution >= 4 is 11.1 Å². The zero-order chi connectivity index (χ0) is 14.2. The van der Waals surface area contributed by atoms with Crippen molar-refractivity contribution in [2.75, 3.05) is 0 Å². The normalized spacial score (nSPS) is 9.10. The summed E-state index contributed by atoms with van der Waals surface area (Å²) in [6.45, 7) is 4.13. The van der Waals surface area contributed by atoms with Gasteiger partial charge in [-0.15, -0.1) is 11.5 Å². The summed E-state index contributed by atoms with van der Waals surface area (Å²) in [7, 11) is 0. The van der Waals surface area contributed by atoms with Crippen LogP contribution in [0.15, 0.2) is 84.3 Å². The zero-order valence-electron chi connectivity index (χ0n) is 11.9. The minimum atomic E-state index is 1.13. The standard InChI is InChI=1S/C20H18/c1-17(19-13-5-3-6-14-19)11-9-10-12-18(2)20-15-7-4-8-16-20/h3-10,13-16H,1-2H3. The van der Waals surface area contributed by atoms with Crippen molar-refractivity contribution in [2.45, 2.75) is 13.8 Å². The van der Waals surface area contributed by atoms with E-state index in [-0.39, 0.29) is 0 Å². The summed E-state index contributed by atoms with van der Waals surface area (Å²) in [5.74, 6) is 0. The van der Waals surface area contributed by atoms with Crippen molar-refractivity contribution in [2.24, 2.45) is 0 Å². The summed E-state index contributed by atoms with van der Waals surface area (Å²) in [4.78, 5) is 0. The van der Waals surface area contributed by atoms with Gasteiger partial charge in [0.15, 0.2) is 0 Å². The van der Waals surface area contributed by atoms with Crippen LogP contribution in [0.2, 0.25) is 0 Å². The Labute approximate surface area is 121 Å². The summed E-state index contributed by atoms with van der Waals surface area (Å²) >= 11 is 0. The molecule has 0 N–H and O–H groups in total. The molecule has 0 unspecified atom stereocenters. The van der Waals surface area contributed by atoms with Crippen molar-refractivity contribution < 1.29 is 0 Å². The zero-order valence-corrected chi connectivity index (χ0v) is 11.9. The average molecular weight is 258 g/mol. The topological polar surface area (TPSA) is 0 Å². The molecular weight excluding hydrogens is 240 g/mol. The first-order valence-corrected chi connectivity index (χ1v) is 6.73. The Morgan fingerprint density at radius 3 is 1.35 bits per heavy atom. The third-order valence-corrected chi connectivity index (χ3v) is 3.10. The number of hydrogen-bond donors (Lipinski definition) is 0.